The van der Waals surface area contributed by atoms with E-state index in [4.69, 9.17) is 37.9 Å². The zero-order valence-electron chi connectivity index (χ0n) is 44.9. The Morgan fingerprint density at radius 2 is 1.17 bits per heavy atom. The molecule has 76 heavy (non-hydrogen) atoms. The first-order valence-electron chi connectivity index (χ1n) is 27.5. The molecule has 29 unspecified atom stereocenters. The third kappa shape index (κ3) is 10.6. The van der Waals surface area contributed by atoms with Gasteiger partial charge in [0.1, 0.15) is 91.6 Å². The van der Waals surface area contributed by atoms with Gasteiger partial charge in [0.05, 0.1) is 50.8 Å². The van der Waals surface area contributed by atoms with Crippen molar-refractivity contribution in [1.29, 1.82) is 0 Å². The number of hydrogen-bond donors (Lipinski definition) is 15. The zero-order chi connectivity index (χ0) is 55.8. The molecule has 0 aromatic heterocycles. The minimum atomic E-state index is -1.82. The number of rotatable bonds is 16. The van der Waals surface area contributed by atoms with Crippen molar-refractivity contribution in [3.8, 4) is 0 Å². The molecule has 0 spiro atoms. The first kappa shape index (κ1) is 60.9. The molecule has 0 bridgehead atoms. The lowest BCUT2D eigenvalue weighted by atomic mass is 9.35. The molecule has 0 aromatic rings. The van der Waals surface area contributed by atoms with E-state index in [2.05, 4.69) is 34.6 Å². The smallest absolute Gasteiger partial charge is 0.187 e. The summed E-state index contributed by atoms with van der Waals surface area (Å²) in [6.07, 6.45) is -23.7. The number of fused-ring (bicyclic) bond motifs is 5. The van der Waals surface area contributed by atoms with Crippen LogP contribution in [0.1, 0.15) is 106 Å². The Bertz CT molecular complexity index is 1970. The summed E-state index contributed by atoms with van der Waals surface area (Å²) in [5, 5.41) is 161. The van der Waals surface area contributed by atoms with Crippen LogP contribution in [0.2, 0.25) is 0 Å². The van der Waals surface area contributed by atoms with Crippen LogP contribution in [-0.4, -0.2) is 244 Å². The van der Waals surface area contributed by atoms with E-state index in [0.717, 1.165) is 24.8 Å². The average molecular weight is 1100 g/mol. The van der Waals surface area contributed by atoms with Gasteiger partial charge in [-0.3, -0.25) is 0 Å². The van der Waals surface area contributed by atoms with Gasteiger partial charge in [0.25, 0.3) is 0 Å². The second-order valence-electron chi connectivity index (χ2n) is 25.2. The fourth-order valence-electron chi connectivity index (χ4n) is 16.0. The van der Waals surface area contributed by atoms with Gasteiger partial charge in [-0.1, -0.05) is 46.3 Å². The first-order valence-corrected chi connectivity index (χ1v) is 27.5. The quantitative estimate of drug-likeness (QED) is 0.0557. The third-order valence-corrected chi connectivity index (χ3v) is 20.7. The molecule has 4 saturated heterocycles. The Morgan fingerprint density at radius 1 is 0.592 bits per heavy atom. The molecule has 0 radical (unpaired) electrons. The third-order valence-electron chi connectivity index (χ3n) is 20.7. The van der Waals surface area contributed by atoms with Crippen LogP contribution in [0.4, 0.5) is 0 Å². The maximum atomic E-state index is 12.8. The zero-order valence-corrected chi connectivity index (χ0v) is 44.9. The summed E-state index contributed by atoms with van der Waals surface area (Å²) in [5.74, 6) is -0.556. The van der Waals surface area contributed by atoms with Gasteiger partial charge >= 0.3 is 0 Å². The molecule has 23 heteroatoms. The topological polar surface area (TPSA) is 377 Å². The lowest BCUT2D eigenvalue weighted by molar-refractivity contribution is -0.378. The van der Waals surface area contributed by atoms with Crippen LogP contribution in [0.3, 0.4) is 0 Å². The van der Waals surface area contributed by atoms with E-state index in [1.807, 2.05) is 19.9 Å². The van der Waals surface area contributed by atoms with Crippen LogP contribution < -0.4 is 0 Å². The van der Waals surface area contributed by atoms with Crippen molar-refractivity contribution in [3.05, 3.63) is 11.6 Å². The SMILES string of the molecule is CC(=CCCC(C)(OC1OC(COC2OCC(O)C(O)C2O)C(O)C(O)C1O)C1CCC2(C)C1C(O)CC1C3(C)CCC(OC4OC(CO)C(O)C(O)C4OC4OC(CO)C(O)C(O)C4O)C(C)(C)C3CCC12C)CO. The van der Waals surface area contributed by atoms with Crippen LogP contribution in [-0.2, 0) is 37.9 Å². The molecule has 29 atom stereocenters. The molecule has 8 rings (SSSR count). The Balaban J connectivity index is 1.02. The Hall–Kier alpha value is -1.18. The molecular weight excluding hydrogens is 1000 g/mol. The predicted molar refractivity (Wildman–Crippen MR) is 262 cm³/mol. The first-order chi connectivity index (χ1) is 35.6. The fraction of sp³-hybridized carbons (Fsp3) is 0.962. The van der Waals surface area contributed by atoms with Gasteiger partial charge in [0.2, 0.25) is 0 Å². The van der Waals surface area contributed by atoms with E-state index in [-0.39, 0.29) is 47.7 Å². The number of aliphatic hydroxyl groups is 15. The Morgan fingerprint density at radius 3 is 1.82 bits per heavy atom. The number of aliphatic hydroxyl groups excluding tert-OH is 15. The summed E-state index contributed by atoms with van der Waals surface area (Å²) in [6, 6.07) is 0. The van der Waals surface area contributed by atoms with Crippen LogP contribution in [0.5, 0.6) is 0 Å². The van der Waals surface area contributed by atoms with E-state index >= 15 is 0 Å². The Kier molecular flexibility index (Phi) is 18.6. The predicted octanol–water partition coefficient (Wildman–Crippen LogP) is -2.59. The summed E-state index contributed by atoms with van der Waals surface area (Å²) in [6.45, 7) is 12.6. The monoisotopic (exact) mass is 1090 g/mol. The van der Waals surface area contributed by atoms with Crippen molar-refractivity contribution in [1.82, 2.24) is 0 Å². The fourth-order valence-corrected chi connectivity index (χ4v) is 16.0. The Labute approximate surface area is 444 Å². The summed E-state index contributed by atoms with van der Waals surface area (Å²) in [4.78, 5) is 0. The second-order valence-corrected chi connectivity index (χ2v) is 25.2. The molecule has 15 N–H and O–H groups in total. The molecular formula is C53H90O23. The van der Waals surface area contributed by atoms with Crippen LogP contribution in [0.25, 0.3) is 0 Å². The van der Waals surface area contributed by atoms with Crippen molar-refractivity contribution in [2.75, 3.05) is 33.0 Å². The van der Waals surface area contributed by atoms with Gasteiger partial charge in [-0.25, -0.2) is 0 Å². The standard InChI is InChI=1S/C53H90O23/c1-23(18-54)9-8-13-53(7,76-47-43(68)39(64)37(62)29(73-47)22-70-45-41(66)34(59)26(58)21-69-45)24-10-15-52(6)33(24)25(57)17-31-50(4)14-12-32(49(2,3)30(50)11-16-51(31,52)5)74-48-44(40(65)36(61)28(20-56)72-48)75-46-42(67)38(63)35(60)27(19-55)71-46/h9,24-48,54-68H,8,10-22H2,1-7H3. The van der Waals surface area contributed by atoms with Crippen molar-refractivity contribution >= 4 is 0 Å². The van der Waals surface area contributed by atoms with E-state index in [1.165, 1.54) is 0 Å². The minimum absolute atomic E-state index is 0.0251. The molecule has 4 aliphatic carbocycles. The average Bonchev–Trinajstić information content (AvgIpc) is 3.95. The molecule has 0 amide bonds. The van der Waals surface area contributed by atoms with Crippen LogP contribution >= 0.6 is 0 Å². The molecule has 23 nitrogen and oxygen atoms in total. The minimum Gasteiger partial charge on any atom is -0.394 e. The molecule has 4 saturated carbocycles. The molecule has 8 fully saturated rings. The maximum Gasteiger partial charge on any atom is 0.187 e. The summed E-state index contributed by atoms with van der Waals surface area (Å²) >= 11 is 0. The number of allylic oxidation sites excluding steroid dienone is 1. The highest BCUT2D eigenvalue weighted by atomic mass is 16.8. The number of hydrogen-bond acceptors (Lipinski definition) is 23. The van der Waals surface area contributed by atoms with Gasteiger partial charge in [-0.05, 0) is 117 Å². The maximum absolute atomic E-state index is 12.8. The van der Waals surface area contributed by atoms with Gasteiger partial charge in [-0.15, -0.1) is 0 Å². The van der Waals surface area contributed by atoms with Gasteiger partial charge in [0.15, 0.2) is 25.2 Å². The largest absolute Gasteiger partial charge is 0.394 e. The second kappa shape index (κ2) is 23.2. The van der Waals surface area contributed by atoms with Crippen molar-refractivity contribution in [2.45, 2.75) is 241 Å². The highest BCUT2D eigenvalue weighted by Crippen LogP contribution is 2.76. The number of ether oxygens (including phenoxy) is 8. The van der Waals surface area contributed by atoms with E-state index < -0.39 is 165 Å². The lowest BCUT2D eigenvalue weighted by Crippen LogP contribution is -2.68. The van der Waals surface area contributed by atoms with Crippen molar-refractivity contribution < 1.29 is 114 Å². The highest BCUT2D eigenvalue weighted by molar-refractivity contribution is 5.21. The van der Waals surface area contributed by atoms with E-state index in [9.17, 15) is 76.6 Å². The summed E-state index contributed by atoms with van der Waals surface area (Å²) < 4.78 is 48.7. The van der Waals surface area contributed by atoms with Gasteiger partial charge < -0.3 is 114 Å². The highest BCUT2D eigenvalue weighted by Gasteiger charge is 2.72. The molecule has 0 aromatic carbocycles. The molecule has 4 heterocycles. The molecule has 4 aliphatic heterocycles. The van der Waals surface area contributed by atoms with Gasteiger partial charge in [0, 0.05) is 0 Å². The van der Waals surface area contributed by atoms with Crippen molar-refractivity contribution in [2.24, 2.45) is 45.3 Å². The summed E-state index contributed by atoms with van der Waals surface area (Å²) in [7, 11) is 0. The van der Waals surface area contributed by atoms with E-state index in [0.29, 0.717) is 38.5 Å². The van der Waals surface area contributed by atoms with Crippen molar-refractivity contribution in [3.63, 3.8) is 0 Å². The van der Waals surface area contributed by atoms with Crippen LogP contribution in [0, 0.1) is 45.3 Å². The lowest BCUT2D eigenvalue weighted by Gasteiger charge is -2.71. The normalized spacial score (nSPS) is 52.6. The van der Waals surface area contributed by atoms with Crippen LogP contribution in [0.15, 0.2) is 11.6 Å². The summed E-state index contributed by atoms with van der Waals surface area (Å²) in [5.41, 5.74) is -2.03. The van der Waals surface area contributed by atoms with E-state index in [1.54, 1.807) is 0 Å². The molecule has 8 aliphatic rings. The molecule has 440 valence electrons. The van der Waals surface area contributed by atoms with Gasteiger partial charge in [-0.2, -0.15) is 0 Å².